The molecule has 1 N–H and O–H groups in total. The highest BCUT2D eigenvalue weighted by Crippen LogP contribution is 2.42. The maximum Gasteiger partial charge on any atom is 0.124 e. The molecule has 0 spiro atoms. The minimum atomic E-state index is 0.146. The van der Waals surface area contributed by atoms with E-state index in [1.807, 2.05) is 0 Å². The molecule has 3 atom stereocenters. The van der Waals surface area contributed by atoms with Crippen LogP contribution in [0.1, 0.15) is 57.0 Å². The van der Waals surface area contributed by atoms with Crippen molar-refractivity contribution in [1.82, 2.24) is 14.8 Å². The van der Waals surface area contributed by atoms with Crippen molar-refractivity contribution in [2.75, 3.05) is 26.2 Å². The molecular weight excluding hydrogens is 425 g/mol. The Bertz CT molecular complexity index is 1090. The van der Waals surface area contributed by atoms with E-state index in [9.17, 15) is 0 Å². The second kappa shape index (κ2) is 9.06. The predicted octanol–water partition coefficient (Wildman–Crippen LogP) is 5.63. The highest BCUT2D eigenvalue weighted by Gasteiger charge is 2.37. The molecule has 33 heavy (non-hydrogen) atoms. The molecule has 2 aliphatic rings. The quantitative estimate of drug-likeness (QED) is 0.461. The lowest BCUT2D eigenvalue weighted by molar-refractivity contribution is 0.0202. The van der Waals surface area contributed by atoms with E-state index in [2.05, 4.69) is 100 Å². The van der Waals surface area contributed by atoms with E-state index >= 15 is 0 Å². The third-order valence-corrected chi connectivity index (χ3v) is 7.25. The fraction of sp³-hybridized carbons (Fsp3) is 0.500. The first-order valence-electron chi connectivity index (χ1n) is 12.5. The lowest BCUT2D eigenvalue weighted by Crippen LogP contribution is -2.53. The molecule has 0 saturated carbocycles. The van der Waals surface area contributed by atoms with E-state index in [1.165, 1.54) is 40.7 Å². The second-order valence-electron chi connectivity index (χ2n) is 10.7. The molecule has 1 saturated heterocycles. The lowest BCUT2D eigenvalue weighted by Gasteiger charge is -2.44. The number of para-hydroxylation sites is 1. The van der Waals surface area contributed by atoms with Crippen LogP contribution in [0.25, 0.3) is 10.9 Å². The third kappa shape index (κ3) is 4.71. The van der Waals surface area contributed by atoms with Crippen LogP contribution >= 0.6 is 9.24 Å². The molecule has 5 heteroatoms. The van der Waals surface area contributed by atoms with Crippen LogP contribution in [0.15, 0.2) is 48.5 Å². The van der Waals surface area contributed by atoms with Gasteiger partial charge in [0.15, 0.2) is 0 Å². The number of benzene rings is 2. The van der Waals surface area contributed by atoms with Gasteiger partial charge in [-0.1, -0.05) is 51.1 Å². The summed E-state index contributed by atoms with van der Waals surface area (Å²) >= 11 is 0. The van der Waals surface area contributed by atoms with Gasteiger partial charge in [0.25, 0.3) is 0 Å². The number of nitrogens with zero attached hydrogens (tertiary/aromatic N) is 2. The molecule has 3 heterocycles. The maximum atomic E-state index is 6.25. The van der Waals surface area contributed by atoms with Crippen LogP contribution in [-0.4, -0.2) is 58.3 Å². The minimum Gasteiger partial charge on any atom is -0.488 e. The Labute approximate surface area is 200 Å². The molecule has 1 fully saturated rings. The van der Waals surface area contributed by atoms with Gasteiger partial charge in [0.1, 0.15) is 11.9 Å². The zero-order chi connectivity index (χ0) is 23.2. The number of rotatable bonds is 7. The Morgan fingerprint density at radius 1 is 1.09 bits per heavy atom. The van der Waals surface area contributed by atoms with Crippen molar-refractivity contribution in [3.8, 4) is 5.75 Å². The van der Waals surface area contributed by atoms with Gasteiger partial charge in [-0.05, 0) is 60.8 Å². The summed E-state index contributed by atoms with van der Waals surface area (Å²) in [6.45, 7) is 13.5. The van der Waals surface area contributed by atoms with Gasteiger partial charge in [0, 0.05) is 42.3 Å². The van der Waals surface area contributed by atoms with Crippen molar-refractivity contribution in [2.24, 2.45) is 0 Å². The highest BCUT2D eigenvalue weighted by molar-refractivity contribution is 7.18. The van der Waals surface area contributed by atoms with Crippen molar-refractivity contribution >= 4 is 20.1 Å². The van der Waals surface area contributed by atoms with E-state index in [4.69, 9.17) is 4.74 Å². The van der Waals surface area contributed by atoms with Gasteiger partial charge < -0.3 is 9.72 Å². The SMILES string of the molecule is CCCN1CC(Oc2ccc([C@@H]3c4[nH]c5ccccc5c4C[C@@H](C)N3CC(C)(C)P)cc2)C1. The monoisotopic (exact) mass is 463 g/mol. The molecule has 0 amide bonds. The zero-order valence-electron chi connectivity index (χ0n) is 20.5. The normalized spacial score (nSPS) is 22.3. The summed E-state index contributed by atoms with van der Waals surface area (Å²) in [6.07, 6.45) is 2.61. The first-order chi connectivity index (χ1) is 15.8. The summed E-state index contributed by atoms with van der Waals surface area (Å²) in [5, 5.41) is 1.52. The van der Waals surface area contributed by atoms with Crippen LogP contribution in [0.4, 0.5) is 0 Å². The van der Waals surface area contributed by atoms with Crippen molar-refractivity contribution in [3.63, 3.8) is 0 Å². The van der Waals surface area contributed by atoms with Crippen LogP contribution in [0.5, 0.6) is 5.75 Å². The van der Waals surface area contributed by atoms with Gasteiger partial charge >= 0.3 is 0 Å². The van der Waals surface area contributed by atoms with E-state index in [0.717, 1.165) is 31.8 Å². The lowest BCUT2D eigenvalue weighted by atomic mass is 9.88. The summed E-state index contributed by atoms with van der Waals surface area (Å²) in [5.41, 5.74) is 5.41. The molecule has 3 aromatic rings. The summed E-state index contributed by atoms with van der Waals surface area (Å²) in [5.74, 6) is 0.985. The first-order valence-corrected chi connectivity index (χ1v) is 13.0. The van der Waals surface area contributed by atoms with Crippen LogP contribution in [0, 0.1) is 0 Å². The average Bonchev–Trinajstić information content (AvgIpc) is 3.10. The second-order valence-corrected chi connectivity index (χ2v) is 12.3. The van der Waals surface area contributed by atoms with Crippen molar-refractivity contribution in [1.29, 1.82) is 0 Å². The number of hydrogen-bond donors (Lipinski definition) is 1. The van der Waals surface area contributed by atoms with Gasteiger partial charge in [-0.2, -0.15) is 0 Å². The topological polar surface area (TPSA) is 31.5 Å². The zero-order valence-corrected chi connectivity index (χ0v) is 21.6. The van der Waals surface area contributed by atoms with Crippen molar-refractivity contribution < 1.29 is 4.74 Å². The van der Waals surface area contributed by atoms with Gasteiger partial charge in [0.2, 0.25) is 0 Å². The summed E-state index contributed by atoms with van der Waals surface area (Å²) < 4.78 is 6.25. The molecule has 2 aromatic carbocycles. The largest absolute Gasteiger partial charge is 0.488 e. The fourth-order valence-electron chi connectivity index (χ4n) is 5.60. The number of aromatic amines is 1. The number of aromatic nitrogens is 1. The summed E-state index contributed by atoms with van der Waals surface area (Å²) in [6, 6.07) is 18.3. The fourth-order valence-corrected chi connectivity index (χ4v) is 5.81. The van der Waals surface area contributed by atoms with Gasteiger partial charge in [-0.3, -0.25) is 9.80 Å². The van der Waals surface area contributed by atoms with E-state index in [1.54, 1.807) is 0 Å². The van der Waals surface area contributed by atoms with Gasteiger partial charge in [-0.25, -0.2) is 0 Å². The molecule has 5 rings (SSSR count). The molecule has 4 nitrogen and oxygen atoms in total. The highest BCUT2D eigenvalue weighted by atomic mass is 31.0. The number of ether oxygens (including phenoxy) is 1. The molecule has 0 radical (unpaired) electrons. The first kappa shape index (κ1) is 22.9. The number of likely N-dealkylation sites (tertiary alicyclic amines) is 1. The molecule has 1 aromatic heterocycles. The number of hydrogen-bond acceptors (Lipinski definition) is 3. The average molecular weight is 464 g/mol. The summed E-state index contributed by atoms with van der Waals surface area (Å²) in [4.78, 5) is 8.93. The van der Waals surface area contributed by atoms with Crippen molar-refractivity contribution in [3.05, 3.63) is 65.4 Å². The van der Waals surface area contributed by atoms with E-state index in [-0.39, 0.29) is 11.2 Å². The van der Waals surface area contributed by atoms with Gasteiger partial charge in [-0.15, -0.1) is 9.24 Å². The Morgan fingerprint density at radius 2 is 1.82 bits per heavy atom. The molecular formula is C28H38N3OP. The Balaban J connectivity index is 1.45. The third-order valence-electron chi connectivity index (χ3n) is 7.07. The Hall–Kier alpha value is -1.87. The number of fused-ring (bicyclic) bond motifs is 3. The number of nitrogens with one attached hydrogen (secondary N) is 1. The molecule has 2 aliphatic heterocycles. The van der Waals surface area contributed by atoms with Crippen LogP contribution in [0.3, 0.4) is 0 Å². The van der Waals surface area contributed by atoms with Crippen LogP contribution in [0.2, 0.25) is 0 Å². The Morgan fingerprint density at radius 3 is 2.52 bits per heavy atom. The Kier molecular flexibility index (Phi) is 6.29. The molecule has 1 unspecified atom stereocenters. The smallest absolute Gasteiger partial charge is 0.124 e. The predicted molar refractivity (Wildman–Crippen MR) is 141 cm³/mol. The summed E-state index contributed by atoms with van der Waals surface area (Å²) in [7, 11) is 3.04. The molecule has 176 valence electrons. The van der Waals surface area contributed by atoms with Crippen LogP contribution < -0.4 is 4.74 Å². The maximum absolute atomic E-state index is 6.25. The van der Waals surface area contributed by atoms with E-state index < -0.39 is 0 Å². The molecule has 0 aliphatic carbocycles. The minimum absolute atomic E-state index is 0.146. The van der Waals surface area contributed by atoms with Crippen LogP contribution in [-0.2, 0) is 6.42 Å². The van der Waals surface area contributed by atoms with Crippen molar-refractivity contribution in [2.45, 2.75) is 63.9 Å². The van der Waals surface area contributed by atoms with E-state index in [0.29, 0.717) is 12.1 Å². The molecule has 0 bridgehead atoms. The van der Waals surface area contributed by atoms with Gasteiger partial charge in [0.05, 0.1) is 6.04 Å². The number of H-pyrrole nitrogens is 1. The standard InChI is InChI=1S/C28H38N3OP/c1-5-14-30-16-22(17-30)32-21-12-10-20(11-13-21)27-26-24(23-8-6-7-9-25(23)29-26)15-19(2)31(27)18-28(3,4)33/h6-13,19,22,27,29H,5,14-18,33H2,1-4H3/t19-,27-/m1/s1.